The molecule has 0 radical (unpaired) electrons. The zero-order valence-electron chi connectivity index (χ0n) is 13.9. The highest BCUT2D eigenvalue weighted by Gasteiger charge is 2.28. The topological polar surface area (TPSA) is 103 Å². The van der Waals surface area contributed by atoms with E-state index in [2.05, 4.69) is 26.7 Å². The maximum atomic E-state index is 9.69. The molecule has 1 aromatic carbocycles. The first-order valence-electron chi connectivity index (χ1n) is 8.52. The van der Waals surface area contributed by atoms with Crippen molar-refractivity contribution in [2.24, 2.45) is 5.92 Å². The van der Waals surface area contributed by atoms with E-state index in [1.165, 1.54) is 6.20 Å². The number of hydrogen-bond donors (Lipinski definition) is 3. The average Bonchev–Trinajstić information content (AvgIpc) is 3.24. The molecule has 1 aliphatic carbocycles. The summed E-state index contributed by atoms with van der Waals surface area (Å²) in [6.07, 6.45) is 4.38. The fourth-order valence-electron chi connectivity index (χ4n) is 3.43. The highest BCUT2D eigenvalue weighted by atomic mass is 35.5. The second-order valence-corrected chi connectivity index (χ2v) is 6.92. The number of benzene rings is 1. The number of nitriles is 1. The second-order valence-electron chi connectivity index (χ2n) is 6.51. The van der Waals surface area contributed by atoms with Gasteiger partial charge in [-0.1, -0.05) is 17.7 Å². The lowest BCUT2D eigenvalue weighted by Crippen LogP contribution is -2.27. The van der Waals surface area contributed by atoms with Crippen LogP contribution in [0.15, 0.2) is 24.4 Å². The molecular weight excluding hydrogens is 352 g/mol. The highest BCUT2D eigenvalue weighted by molar-refractivity contribution is 6.61. The van der Waals surface area contributed by atoms with E-state index in [-0.39, 0.29) is 12.0 Å². The van der Waals surface area contributed by atoms with E-state index in [0.29, 0.717) is 23.4 Å². The Morgan fingerprint density at radius 1 is 1.38 bits per heavy atom. The van der Waals surface area contributed by atoms with Crippen LogP contribution in [-0.2, 0) is 11.3 Å². The van der Waals surface area contributed by atoms with E-state index in [1.807, 2.05) is 18.2 Å². The molecule has 3 N–H and O–H groups in total. The largest absolute Gasteiger partial charge is 0.491 e. The quantitative estimate of drug-likeness (QED) is 0.710. The molecule has 132 valence electrons. The summed E-state index contributed by atoms with van der Waals surface area (Å²) in [5.74, 6) is 0.902. The zero-order chi connectivity index (χ0) is 18.1. The molecule has 1 fully saturated rings. The molecule has 9 heteroatoms. The number of nitrogens with one attached hydrogen (secondary N) is 2. The van der Waals surface area contributed by atoms with Gasteiger partial charge in [-0.15, -0.1) is 0 Å². The minimum absolute atomic E-state index is 0.0272. The van der Waals surface area contributed by atoms with Gasteiger partial charge in [0.2, 0.25) is 5.95 Å². The molecule has 1 aliphatic heterocycles. The van der Waals surface area contributed by atoms with Crippen LogP contribution in [0.1, 0.15) is 24.8 Å². The van der Waals surface area contributed by atoms with Crippen LogP contribution >= 0.6 is 11.6 Å². The first kappa shape index (κ1) is 17.1. The SMILES string of the molecule is N#C[C@H]1CCCC1Nc1nc(Nc2ccc3c(c2)COB3O)ncc1Cl. The second kappa shape index (κ2) is 7.12. The van der Waals surface area contributed by atoms with Crippen molar-refractivity contribution in [1.29, 1.82) is 5.26 Å². The van der Waals surface area contributed by atoms with Gasteiger partial charge in [0.25, 0.3) is 0 Å². The lowest BCUT2D eigenvalue weighted by molar-refractivity contribution is 0.275. The molecule has 0 spiro atoms. The summed E-state index contributed by atoms with van der Waals surface area (Å²) < 4.78 is 5.20. The van der Waals surface area contributed by atoms with Crippen molar-refractivity contribution in [2.75, 3.05) is 10.6 Å². The van der Waals surface area contributed by atoms with E-state index >= 15 is 0 Å². The normalized spacial score (nSPS) is 21.3. The number of hydrogen-bond acceptors (Lipinski definition) is 7. The van der Waals surface area contributed by atoms with Gasteiger partial charge in [-0.3, -0.25) is 0 Å². The average molecular weight is 370 g/mol. The number of nitrogens with zero attached hydrogens (tertiary/aromatic N) is 3. The highest BCUT2D eigenvalue weighted by Crippen LogP contribution is 2.30. The van der Waals surface area contributed by atoms with Gasteiger partial charge < -0.3 is 20.3 Å². The monoisotopic (exact) mass is 369 g/mol. The van der Waals surface area contributed by atoms with Crippen LogP contribution in [0.5, 0.6) is 0 Å². The summed E-state index contributed by atoms with van der Waals surface area (Å²) in [6.45, 7) is 0.373. The van der Waals surface area contributed by atoms with E-state index < -0.39 is 7.12 Å². The Balaban J connectivity index is 1.52. The smallest absolute Gasteiger partial charge is 0.423 e. The molecule has 26 heavy (non-hydrogen) atoms. The fourth-order valence-corrected chi connectivity index (χ4v) is 3.57. The molecule has 2 atom stereocenters. The summed E-state index contributed by atoms with van der Waals surface area (Å²) >= 11 is 6.22. The third kappa shape index (κ3) is 3.34. The minimum atomic E-state index is -0.860. The Hall–Kier alpha value is -2.34. The van der Waals surface area contributed by atoms with Crippen molar-refractivity contribution in [3.63, 3.8) is 0 Å². The predicted octanol–water partition coefficient (Wildman–Crippen LogP) is 2.20. The number of rotatable bonds is 4. The van der Waals surface area contributed by atoms with Crippen LogP contribution in [0.25, 0.3) is 0 Å². The summed E-state index contributed by atoms with van der Waals surface area (Å²) in [7, 11) is -0.860. The van der Waals surface area contributed by atoms with Crippen LogP contribution in [0.2, 0.25) is 5.02 Å². The number of anilines is 3. The molecular formula is C17H17BClN5O2. The van der Waals surface area contributed by atoms with E-state index in [4.69, 9.17) is 16.3 Å². The summed E-state index contributed by atoms with van der Waals surface area (Å²) in [5.41, 5.74) is 2.50. The van der Waals surface area contributed by atoms with Crippen molar-refractivity contribution in [3.8, 4) is 6.07 Å². The van der Waals surface area contributed by atoms with Gasteiger partial charge in [0.05, 0.1) is 24.8 Å². The third-order valence-corrected chi connectivity index (χ3v) is 5.09. The fraction of sp³-hybridized carbons (Fsp3) is 0.353. The summed E-state index contributed by atoms with van der Waals surface area (Å²) in [4.78, 5) is 8.67. The van der Waals surface area contributed by atoms with Crippen LogP contribution in [-0.4, -0.2) is 28.2 Å². The lowest BCUT2D eigenvalue weighted by Gasteiger charge is -2.17. The van der Waals surface area contributed by atoms with Crippen LogP contribution in [0.3, 0.4) is 0 Å². The number of fused-ring (bicyclic) bond motifs is 1. The van der Waals surface area contributed by atoms with Gasteiger partial charge in [0.1, 0.15) is 5.02 Å². The van der Waals surface area contributed by atoms with Gasteiger partial charge in [0, 0.05) is 11.7 Å². The van der Waals surface area contributed by atoms with Crippen LogP contribution < -0.4 is 16.1 Å². The summed E-state index contributed by atoms with van der Waals surface area (Å²) in [6, 6.07) is 7.95. The van der Waals surface area contributed by atoms with E-state index in [0.717, 1.165) is 36.0 Å². The lowest BCUT2D eigenvalue weighted by atomic mass is 9.79. The maximum Gasteiger partial charge on any atom is 0.491 e. The van der Waals surface area contributed by atoms with Crippen molar-refractivity contribution < 1.29 is 9.68 Å². The van der Waals surface area contributed by atoms with Gasteiger partial charge in [-0.25, -0.2) is 4.98 Å². The van der Waals surface area contributed by atoms with Gasteiger partial charge in [-0.2, -0.15) is 10.2 Å². The van der Waals surface area contributed by atoms with Crippen LogP contribution in [0, 0.1) is 17.2 Å². The first-order chi connectivity index (χ1) is 12.6. The van der Waals surface area contributed by atoms with Crippen molar-refractivity contribution in [2.45, 2.75) is 31.9 Å². The van der Waals surface area contributed by atoms with Crippen molar-refractivity contribution >= 4 is 41.6 Å². The molecule has 1 saturated carbocycles. The van der Waals surface area contributed by atoms with Crippen molar-refractivity contribution in [1.82, 2.24) is 9.97 Å². The molecule has 2 aromatic rings. The third-order valence-electron chi connectivity index (χ3n) is 4.81. The Labute approximate surface area is 156 Å². The molecule has 0 bridgehead atoms. The van der Waals surface area contributed by atoms with Gasteiger partial charge in [-0.05, 0) is 42.4 Å². The predicted molar refractivity (Wildman–Crippen MR) is 99.5 cm³/mol. The molecule has 7 nitrogen and oxygen atoms in total. The van der Waals surface area contributed by atoms with Crippen LogP contribution in [0.4, 0.5) is 17.5 Å². The number of halogens is 1. The molecule has 1 unspecified atom stereocenters. The maximum absolute atomic E-state index is 9.69. The Morgan fingerprint density at radius 3 is 3.12 bits per heavy atom. The minimum Gasteiger partial charge on any atom is -0.423 e. The zero-order valence-corrected chi connectivity index (χ0v) is 14.7. The van der Waals surface area contributed by atoms with Crippen molar-refractivity contribution in [3.05, 3.63) is 35.0 Å². The van der Waals surface area contributed by atoms with Gasteiger partial charge >= 0.3 is 7.12 Å². The summed E-state index contributed by atoms with van der Waals surface area (Å²) in [5, 5.41) is 25.8. The molecule has 1 aromatic heterocycles. The molecule has 4 rings (SSSR count). The Kier molecular flexibility index (Phi) is 4.68. The van der Waals surface area contributed by atoms with E-state index in [1.54, 1.807) is 0 Å². The molecule has 2 aliphatic rings. The number of aromatic nitrogens is 2. The molecule has 0 amide bonds. The van der Waals surface area contributed by atoms with Gasteiger partial charge in [0.15, 0.2) is 5.82 Å². The molecule has 2 heterocycles. The first-order valence-corrected chi connectivity index (χ1v) is 8.90. The Bertz CT molecular complexity index is 875. The Morgan fingerprint density at radius 2 is 2.27 bits per heavy atom. The standard InChI is InChI=1S/C17H17BClN5O2/c19-14-8-21-17(24-16(14)23-15-3-1-2-10(15)7-20)22-12-4-5-13-11(6-12)9-26-18(13)25/h4-6,8,10,15,25H,1-3,9H2,(H2,21,22,23,24)/t10-,15?/m1/s1. The molecule has 0 saturated heterocycles. The van der Waals surface area contributed by atoms with E-state index in [9.17, 15) is 10.3 Å².